The van der Waals surface area contributed by atoms with Crippen molar-refractivity contribution in [2.75, 3.05) is 14.2 Å². The second-order valence-electron chi connectivity index (χ2n) is 7.60. The van der Waals surface area contributed by atoms with Crippen LogP contribution in [0.3, 0.4) is 0 Å². The van der Waals surface area contributed by atoms with Crippen molar-refractivity contribution >= 4 is 33.5 Å². The number of thiazole rings is 1. The molecule has 0 spiro atoms. The fraction of sp³-hybridized carbons (Fsp3) is 0.160. The van der Waals surface area contributed by atoms with E-state index in [1.165, 1.54) is 16.2 Å². The van der Waals surface area contributed by atoms with Crippen molar-refractivity contribution < 1.29 is 19.1 Å². The third-order valence-corrected chi connectivity index (χ3v) is 6.80. The molecule has 7 nitrogen and oxygen atoms in total. The molecule has 0 bridgehead atoms. The molecular weight excluding hydrogens is 438 g/mol. The molecule has 1 aliphatic heterocycles. The van der Waals surface area contributed by atoms with Gasteiger partial charge in [-0.15, -0.1) is 11.3 Å². The van der Waals surface area contributed by atoms with Crippen molar-refractivity contribution in [3.8, 4) is 11.5 Å². The van der Waals surface area contributed by atoms with E-state index in [0.717, 1.165) is 10.2 Å². The highest BCUT2D eigenvalue weighted by Crippen LogP contribution is 2.38. The summed E-state index contributed by atoms with van der Waals surface area (Å²) in [4.78, 5) is 32.9. The summed E-state index contributed by atoms with van der Waals surface area (Å²) in [5.74, 6) is 0.959. The monoisotopic (exact) mass is 459 g/mol. The standard InChI is InChI=1S/C25H21N3O4S/c1-31-18-11-7-16(8-12-18)25(17-9-13-19(32-2)14-10-17)23(29)28(24(30)27-25)15-22-26-20-5-3-4-6-21(20)33-22/h3-14H,15H2,1-2H3,(H,27,30). The number of ether oxygens (including phenoxy) is 2. The van der Waals surface area contributed by atoms with E-state index >= 15 is 0 Å². The summed E-state index contributed by atoms with van der Waals surface area (Å²) in [5, 5.41) is 3.66. The topological polar surface area (TPSA) is 80.8 Å². The van der Waals surface area contributed by atoms with Crippen LogP contribution in [-0.2, 0) is 16.9 Å². The van der Waals surface area contributed by atoms with Gasteiger partial charge in [0, 0.05) is 0 Å². The Morgan fingerprint density at radius 1 is 0.879 bits per heavy atom. The zero-order valence-electron chi connectivity index (χ0n) is 18.1. The summed E-state index contributed by atoms with van der Waals surface area (Å²) in [6.45, 7) is 0.0953. The molecule has 5 rings (SSSR count). The Kier molecular flexibility index (Phi) is 5.22. The molecule has 1 aliphatic rings. The maximum Gasteiger partial charge on any atom is 0.325 e. The van der Waals surface area contributed by atoms with E-state index in [0.29, 0.717) is 27.6 Å². The number of nitrogens with one attached hydrogen (secondary N) is 1. The summed E-state index contributed by atoms with van der Waals surface area (Å²) >= 11 is 1.47. The highest BCUT2D eigenvalue weighted by atomic mass is 32.1. The van der Waals surface area contributed by atoms with Gasteiger partial charge in [-0.25, -0.2) is 9.78 Å². The summed E-state index contributed by atoms with van der Waals surface area (Å²) in [6, 6.07) is 21.6. The lowest BCUT2D eigenvalue weighted by Crippen LogP contribution is -2.45. The first kappa shape index (κ1) is 21.0. The van der Waals surface area contributed by atoms with Crippen LogP contribution in [0, 0.1) is 0 Å². The van der Waals surface area contributed by atoms with Crippen molar-refractivity contribution in [2.45, 2.75) is 12.1 Å². The number of methoxy groups -OCH3 is 2. The van der Waals surface area contributed by atoms with Crippen molar-refractivity contribution in [3.63, 3.8) is 0 Å². The minimum atomic E-state index is -1.37. The minimum Gasteiger partial charge on any atom is -0.497 e. The lowest BCUT2D eigenvalue weighted by Gasteiger charge is -2.28. The first-order valence-corrected chi connectivity index (χ1v) is 11.1. The van der Waals surface area contributed by atoms with Crippen LogP contribution in [0.4, 0.5) is 4.79 Å². The fourth-order valence-corrected chi connectivity index (χ4v) is 5.04. The summed E-state index contributed by atoms with van der Waals surface area (Å²) in [5.41, 5.74) is 0.755. The van der Waals surface area contributed by atoms with Crippen molar-refractivity contribution in [1.82, 2.24) is 15.2 Å². The molecule has 3 amide bonds. The molecule has 8 heteroatoms. The molecule has 1 fully saturated rings. The van der Waals surface area contributed by atoms with Crippen molar-refractivity contribution in [3.05, 3.63) is 88.9 Å². The zero-order chi connectivity index (χ0) is 23.0. The number of hydrogen-bond acceptors (Lipinski definition) is 6. The zero-order valence-corrected chi connectivity index (χ0v) is 18.9. The van der Waals surface area contributed by atoms with Crippen LogP contribution in [0.5, 0.6) is 11.5 Å². The Morgan fingerprint density at radius 3 is 2.00 bits per heavy atom. The number of hydrogen-bond donors (Lipinski definition) is 1. The van der Waals surface area contributed by atoms with Gasteiger partial charge in [-0.3, -0.25) is 9.69 Å². The molecule has 0 aliphatic carbocycles. The van der Waals surface area contributed by atoms with Gasteiger partial charge in [-0.2, -0.15) is 0 Å². The Bertz CT molecular complexity index is 1250. The fourth-order valence-electron chi connectivity index (χ4n) is 4.08. The molecule has 3 aromatic carbocycles. The van der Waals surface area contributed by atoms with Crippen LogP contribution < -0.4 is 14.8 Å². The van der Waals surface area contributed by atoms with Crippen LogP contribution in [-0.4, -0.2) is 36.0 Å². The maximum atomic E-state index is 13.9. The average Bonchev–Trinajstić information content (AvgIpc) is 3.38. The number of nitrogens with zero attached hydrogens (tertiary/aromatic N) is 2. The summed E-state index contributed by atoms with van der Waals surface area (Å²) < 4.78 is 11.6. The van der Waals surface area contributed by atoms with Gasteiger partial charge in [0.1, 0.15) is 16.5 Å². The molecule has 4 aromatic rings. The number of fused-ring (bicyclic) bond motifs is 1. The number of carbonyl (C=O) groups excluding carboxylic acids is 2. The second kappa shape index (κ2) is 8.22. The number of urea groups is 1. The lowest BCUT2D eigenvalue weighted by molar-refractivity contribution is -0.130. The first-order chi connectivity index (χ1) is 16.0. The third kappa shape index (κ3) is 3.48. The van der Waals surface area contributed by atoms with Gasteiger partial charge >= 0.3 is 6.03 Å². The van der Waals surface area contributed by atoms with Crippen LogP contribution >= 0.6 is 11.3 Å². The van der Waals surface area contributed by atoms with Crippen LogP contribution in [0.2, 0.25) is 0 Å². The molecule has 1 saturated heterocycles. The Balaban J connectivity index is 1.57. The molecule has 0 saturated carbocycles. The van der Waals surface area contributed by atoms with E-state index in [1.54, 1.807) is 62.8 Å². The number of para-hydroxylation sites is 1. The number of imide groups is 1. The molecule has 0 radical (unpaired) electrons. The maximum absolute atomic E-state index is 13.9. The van der Waals surface area contributed by atoms with E-state index in [2.05, 4.69) is 10.3 Å². The van der Waals surface area contributed by atoms with Crippen molar-refractivity contribution in [2.24, 2.45) is 0 Å². The molecule has 2 heterocycles. The predicted octanol–water partition coefficient (Wildman–Crippen LogP) is 4.31. The number of benzene rings is 3. The Morgan fingerprint density at radius 2 is 1.45 bits per heavy atom. The second-order valence-corrected chi connectivity index (χ2v) is 8.72. The summed E-state index contributed by atoms with van der Waals surface area (Å²) in [6.07, 6.45) is 0. The van der Waals surface area contributed by atoms with E-state index < -0.39 is 11.6 Å². The SMILES string of the molecule is COc1ccc(C2(c3ccc(OC)cc3)NC(=O)N(Cc3nc4ccccc4s3)C2=O)cc1. The predicted molar refractivity (Wildman–Crippen MR) is 125 cm³/mol. The first-order valence-electron chi connectivity index (χ1n) is 10.3. The molecule has 1 N–H and O–H groups in total. The van der Waals surface area contributed by atoms with Gasteiger partial charge in [0.05, 0.1) is 31.0 Å². The number of amides is 3. The summed E-state index contributed by atoms with van der Waals surface area (Å²) in [7, 11) is 3.16. The van der Waals surface area contributed by atoms with E-state index in [1.807, 2.05) is 24.3 Å². The van der Waals surface area contributed by atoms with E-state index in [9.17, 15) is 9.59 Å². The highest BCUT2D eigenvalue weighted by molar-refractivity contribution is 7.18. The molecule has 33 heavy (non-hydrogen) atoms. The van der Waals surface area contributed by atoms with Gasteiger partial charge in [-0.05, 0) is 47.5 Å². The van der Waals surface area contributed by atoms with Gasteiger partial charge in [0.25, 0.3) is 5.91 Å². The van der Waals surface area contributed by atoms with E-state index in [-0.39, 0.29) is 12.5 Å². The quantitative estimate of drug-likeness (QED) is 0.435. The minimum absolute atomic E-state index is 0.0953. The average molecular weight is 460 g/mol. The molecule has 0 unspecified atom stereocenters. The molecular formula is C25H21N3O4S. The normalized spacial score (nSPS) is 15.0. The van der Waals surface area contributed by atoms with Crippen LogP contribution in [0.25, 0.3) is 10.2 Å². The van der Waals surface area contributed by atoms with Crippen molar-refractivity contribution in [1.29, 1.82) is 0 Å². The smallest absolute Gasteiger partial charge is 0.325 e. The third-order valence-electron chi connectivity index (χ3n) is 5.78. The van der Waals surface area contributed by atoms with E-state index in [4.69, 9.17) is 9.47 Å². The largest absolute Gasteiger partial charge is 0.497 e. The highest BCUT2D eigenvalue weighted by Gasteiger charge is 2.53. The molecule has 0 atom stereocenters. The van der Waals surface area contributed by atoms with Crippen LogP contribution in [0.1, 0.15) is 16.1 Å². The number of rotatable bonds is 6. The van der Waals surface area contributed by atoms with Gasteiger partial charge in [0.2, 0.25) is 0 Å². The number of aromatic nitrogens is 1. The molecule has 166 valence electrons. The lowest BCUT2D eigenvalue weighted by atomic mass is 9.82. The number of carbonyl (C=O) groups is 2. The molecule has 1 aromatic heterocycles. The van der Waals surface area contributed by atoms with Gasteiger partial charge in [0.15, 0.2) is 5.54 Å². The Hall–Kier alpha value is -3.91. The van der Waals surface area contributed by atoms with Gasteiger partial charge in [-0.1, -0.05) is 36.4 Å². The van der Waals surface area contributed by atoms with Crippen LogP contribution in [0.15, 0.2) is 72.8 Å². The Labute approximate surface area is 194 Å². The van der Waals surface area contributed by atoms with Gasteiger partial charge < -0.3 is 14.8 Å².